The highest BCUT2D eigenvalue weighted by Crippen LogP contribution is 2.32. The van der Waals surface area contributed by atoms with Crippen LogP contribution in [-0.2, 0) is 12.2 Å². The third-order valence-corrected chi connectivity index (χ3v) is 2.83. The van der Waals surface area contributed by atoms with Gasteiger partial charge in [0.1, 0.15) is 0 Å². The van der Waals surface area contributed by atoms with Gasteiger partial charge in [0.25, 0.3) is 0 Å². The fourth-order valence-electron chi connectivity index (χ4n) is 1.86. The minimum atomic E-state index is -2.17. The lowest BCUT2D eigenvalue weighted by atomic mass is 9.90. The van der Waals surface area contributed by atoms with E-state index in [1.54, 1.807) is 13.8 Å². The first-order chi connectivity index (χ1) is 7.85. The molecule has 0 spiro atoms. The quantitative estimate of drug-likeness (QED) is 0.465. The lowest BCUT2D eigenvalue weighted by molar-refractivity contribution is -0.171. The molecule has 0 aliphatic rings. The van der Waals surface area contributed by atoms with E-state index in [2.05, 4.69) is 0 Å². The molecule has 0 aromatic heterocycles. The second-order valence-corrected chi connectivity index (χ2v) is 3.88. The fraction of sp³-hybridized carbons (Fsp3) is 0.417. The van der Waals surface area contributed by atoms with E-state index in [1.807, 2.05) is 0 Å². The lowest BCUT2D eigenvalue weighted by Gasteiger charge is -2.26. The molecule has 0 aliphatic carbocycles. The number of rotatable bonds is 4. The summed E-state index contributed by atoms with van der Waals surface area (Å²) < 4.78 is 0. The van der Waals surface area contributed by atoms with Crippen LogP contribution in [0.5, 0.6) is 0 Å². The summed E-state index contributed by atoms with van der Waals surface area (Å²) in [6.07, 6.45) is 0.425. The predicted molar refractivity (Wildman–Crippen MR) is 63.6 cm³/mol. The Bertz CT molecular complexity index is 440. The van der Waals surface area contributed by atoms with Crippen molar-refractivity contribution < 1.29 is 20.1 Å². The van der Waals surface area contributed by atoms with Crippen LogP contribution in [0.4, 0.5) is 5.69 Å². The van der Waals surface area contributed by atoms with Crippen molar-refractivity contribution in [1.82, 2.24) is 0 Å². The topological polar surface area (TPSA) is 104 Å². The number of benzene rings is 1. The van der Waals surface area contributed by atoms with Crippen LogP contribution >= 0.6 is 0 Å². The van der Waals surface area contributed by atoms with Crippen LogP contribution < -0.4 is 5.73 Å². The first-order valence-electron chi connectivity index (χ1n) is 5.45. The monoisotopic (exact) mass is 239 g/mol. The van der Waals surface area contributed by atoms with E-state index in [0.717, 1.165) is 0 Å². The first-order valence-corrected chi connectivity index (χ1v) is 5.45. The number of hydrogen-bond acceptors (Lipinski definition) is 4. The summed E-state index contributed by atoms with van der Waals surface area (Å²) in [5.41, 5.74) is 6.45. The molecule has 0 saturated carbocycles. The number of carboxylic acid groups (broad SMARTS) is 1. The van der Waals surface area contributed by atoms with Gasteiger partial charge in [-0.15, -0.1) is 0 Å². The van der Waals surface area contributed by atoms with Crippen molar-refractivity contribution in [3.63, 3.8) is 0 Å². The molecule has 0 bridgehead atoms. The highest BCUT2D eigenvalue weighted by molar-refractivity contribution is 5.91. The van der Waals surface area contributed by atoms with E-state index >= 15 is 0 Å². The first kappa shape index (κ1) is 13.5. The van der Waals surface area contributed by atoms with Crippen LogP contribution in [0.25, 0.3) is 0 Å². The van der Waals surface area contributed by atoms with Gasteiger partial charge >= 0.3 is 5.97 Å². The van der Waals surface area contributed by atoms with Gasteiger partial charge in [-0.05, 0) is 24.1 Å². The van der Waals surface area contributed by atoms with Crippen LogP contribution in [0.2, 0.25) is 0 Å². The third kappa shape index (κ3) is 2.40. The summed E-state index contributed by atoms with van der Waals surface area (Å²) in [6, 6.07) is 2.76. The summed E-state index contributed by atoms with van der Waals surface area (Å²) in [5.74, 6) is -3.37. The Morgan fingerprint density at radius 2 is 1.94 bits per heavy atom. The zero-order valence-corrected chi connectivity index (χ0v) is 9.90. The normalized spacial score (nSPS) is 11.5. The van der Waals surface area contributed by atoms with Gasteiger partial charge in [0.15, 0.2) is 5.79 Å². The van der Waals surface area contributed by atoms with Gasteiger partial charge in [-0.3, -0.25) is 0 Å². The van der Waals surface area contributed by atoms with E-state index in [1.165, 1.54) is 12.1 Å². The number of aliphatic hydroxyl groups is 2. The van der Waals surface area contributed by atoms with Crippen molar-refractivity contribution in [3.8, 4) is 0 Å². The highest BCUT2D eigenvalue weighted by atomic mass is 16.5. The van der Waals surface area contributed by atoms with Crippen LogP contribution in [-0.4, -0.2) is 21.3 Å². The SMILES string of the molecule is CCc1c(N)ccc(C(=O)O)c1C(O)(O)CC. The van der Waals surface area contributed by atoms with Crippen molar-refractivity contribution in [2.75, 3.05) is 5.73 Å². The number of anilines is 1. The van der Waals surface area contributed by atoms with Gasteiger partial charge in [0.2, 0.25) is 0 Å². The molecule has 0 amide bonds. The lowest BCUT2D eigenvalue weighted by Crippen LogP contribution is -2.29. The predicted octanol–water partition coefficient (Wildman–Crippen LogP) is 1.08. The number of carbonyl (C=O) groups is 1. The minimum Gasteiger partial charge on any atom is -0.478 e. The molecule has 17 heavy (non-hydrogen) atoms. The number of nitrogens with two attached hydrogens (primary N) is 1. The Hall–Kier alpha value is -1.59. The zero-order valence-electron chi connectivity index (χ0n) is 9.90. The molecule has 1 aromatic rings. The summed E-state index contributed by atoms with van der Waals surface area (Å²) in [6.45, 7) is 3.35. The Balaban J connectivity index is 3.61. The molecule has 5 nitrogen and oxygen atoms in total. The number of nitrogen functional groups attached to an aromatic ring is 1. The maximum atomic E-state index is 11.1. The van der Waals surface area contributed by atoms with Gasteiger partial charge in [0.05, 0.1) is 5.56 Å². The summed E-state index contributed by atoms with van der Waals surface area (Å²) >= 11 is 0. The molecule has 0 unspecified atom stereocenters. The fourth-order valence-corrected chi connectivity index (χ4v) is 1.86. The van der Waals surface area contributed by atoms with Gasteiger partial charge in [-0.25, -0.2) is 4.79 Å². The van der Waals surface area contributed by atoms with Crippen LogP contribution in [0.1, 0.15) is 41.8 Å². The van der Waals surface area contributed by atoms with Crippen molar-refractivity contribution >= 4 is 11.7 Å². The average Bonchev–Trinajstić information content (AvgIpc) is 2.28. The van der Waals surface area contributed by atoms with Gasteiger partial charge in [-0.2, -0.15) is 0 Å². The van der Waals surface area contributed by atoms with Crippen LogP contribution in [0, 0.1) is 0 Å². The third-order valence-electron chi connectivity index (χ3n) is 2.83. The molecule has 0 radical (unpaired) electrons. The van der Waals surface area contributed by atoms with Crippen molar-refractivity contribution in [1.29, 1.82) is 0 Å². The smallest absolute Gasteiger partial charge is 0.336 e. The molecular formula is C12H17NO4. The zero-order chi connectivity index (χ0) is 13.2. The van der Waals surface area contributed by atoms with Gasteiger partial charge in [0, 0.05) is 17.7 Å². The second kappa shape index (κ2) is 4.73. The van der Waals surface area contributed by atoms with Gasteiger partial charge < -0.3 is 21.1 Å². The minimum absolute atomic E-state index is 0.00463. The molecule has 94 valence electrons. The Labute approximate surface area is 99.5 Å². The second-order valence-electron chi connectivity index (χ2n) is 3.88. The molecule has 5 N–H and O–H groups in total. The Morgan fingerprint density at radius 1 is 1.35 bits per heavy atom. The van der Waals surface area contributed by atoms with E-state index in [9.17, 15) is 15.0 Å². The Morgan fingerprint density at radius 3 is 2.35 bits per heavy atom. The molecule has 0 atom stereocenters. The molecular weight excluding hydrogens is 222 g/mol. The van der Waals surface area contributed by atoms with Crippen molar-refractivity contribution in [2.45, 2.75) is 32.5 Å². The van der Waals surface area contributed by atoms with Crippen molar-refractivity contribution in [2.24, 2.45) is 0 Å². The molecule has 0 fully saturated rings. The molecule has 0 aliphatic heterocycles. The summed E-state index contributed by atoms with van der Waals surface area (Å²) in [4.78, 5) is 11.1. The average molecular weight is 239 g/mol. The van der Waals surface area contributed by atoms with Gasteiger partial charge in [-0.1, -0.05) is 13.8 Å². The maximum absolute atomic E-state index is 11.1. The van der Waals surface area contributed by atoms with Crippen molar-refractivity contribution in [3.05, 3.63) is 28.8 Å². The van der Waals surface area contributed by atoms with E-state index < -0.39 is 11.8 Å². The molecule has 0 saturated heterocycles. The number of aromatic carboxylic acids is 1. The van der Waals surface area contributed by atoms with E-state index in [-0.39, 0.29) is 17.5 Å². The van der Waals surface area contributed by atoms with E-state index in [0.29, 0.717) is 17.7 Å². The largest absolute Gasteiger partial charge is 0.478 e. The number of carboxylic acids is 1. The maximum Gasteiger partial charge on any atom is 0.336 e. The molecule has 5 heteroatoms. The summed E-state index contributed by atoms with van der Waals surface area (Å²) in [7, 11) is 0. The standard InChI is InChI=1S/C12H17NO4/c1-3-7-9(13)6-5-8(11(14)15)10(7)12(16,17)4-2/h5-6,16-17H,3-4,13H2,1-2H3,(H,14,15). The molecule has 1 aromatic carbocycles. The van der Waals surface area contributed by atoms with Crippen LogP contribution in [0.15, 0.2) is 12.1 Å². The Kier molecular flexibility index (Phi) is 3.75. The summed E-state index contributed by atoms with van der Waals surface area (Å²) in [5, 5.41) is 28.9. The number of hydrogen-bond donors (Lipinski definition) is 4. The van der Waals surface area contributed by atoms with Crippen LogP contribution in [0.3, 0.4) is 0 Å². The molecule has 1 rings (SSSR count). The highest BCUT2D eigenvalue weighted by Gasteiger charge is 2.32. The molecule has 0 heterocycles. The van der Waals surface area contributed by atoms with E-state index in [4.69, 9.17) is 10.8 Å².